The maximum Gasteiger partial charge on any atom is 0.278 e. The lowest BCUT2D eigenvalue weighted by molar-refractivity contribution is -0.115. The number of hydrogen-bond acceptors (Lipinski definition) is 3. The molecule has 0 fully saturated rings. The zero-order valence-electron chi connectivity index (χ0n) is 9.93. The van der Waals surface area contributed by atoms with Crippen LogP contribution in [0, 0.1) is 0 Å². The van der Waals surface area contributed by atoms with Crippen molar-refractivity contribution in [1.82, 2.24) is 0 Å². The maximum atomic E-state index is 12.6. The van der Waals surface area contributed by atoms with Gasteiger partial charge < -0.3 is 4.74 Å². The molecule has 1 aliphatic carbocycles. The van der Waals surface area contributed by atoms with Crippen molar-refractivity contribution < 1.29 is 18.3 Å². The van der Waals surface area contributed by atoms with E-state index in [1.807, 2.05) is 0 Å². The van der Waals surface area contributed by atoms with Crippen LogP contribution < -0.4 is 0 Å². The number of carbonyl (C=O) groups is 1. The summed E-state index contributed by atoms with van der Waals surface area (Å²) >= 11 is 0. The molecule has 5 heteroatoms. The van der Waals surface area contributed by atoms with Crippen LogP contribution >= 0.6 is 0 Å². The number of allylic oxidation sites excluding steroid dienone is 2. The molecule has 3 nitrogen and oxygen atoms in total. The molecule has 0 atom stereocenters. The minimum atomic E-state index is -2.95. The quantitative estimate of drug-likeness (QED) is 0.550. The lowest BCUT2D eigenvalue weighted by atomic mass is 10.2. The molecule has 0 heterocycles. The van der Waals surface area contributed by atoms with Gasteiger partial charge in [0.15, 0.2) is 12.4 Å². The number of aliphatic imine (C=N–C) groups is 1. The highest BCUT2D eigenvalue weighted by Gasteiger charge is 2.28. The van der Waals surface area contributed by atoms with Crippen molar-refractivity contribution in [3.63, 3.8) is 0 Å². The summed E-state index contributed by atoms with van der Waals surface area (Å²) < 4.78 is 30.1. The first-order valence-electron chi connectivity index (χ1n) is 5.30. The number of ketones is 1. The third-order valence-electron chi connectivity index (χ3n) is 2.22. The van der Waals surface area contributed by atoms with E-state index in [1.165, 1.54) is 0 Å². The molecular formula is C12H15F2NO2. The number of Topliss-reactive ketones (excluding diaryl/α,β-unsaturated/α-hetero) is 1. The molecule has 0 spiro atoms. The van der Waals surface area contributed by atoms with E-state index in [0.29, 0.717) is 18.5 Å². The Hall–Kier alpha value is -1.52. The zero-order valence-corrected chi connectivity index (χ0v) is 9.93. The monoisotopic (exact) mass is 243 g/mol. The minimum Gasteiger partial charge on any atom is -0.487 e. The highest BCUT2D eigenvalue weighted by Crippen LogP contribution is 2.29. The van der Waals surface area contributed by atoms with Gasteiger partial charge >= 0.3 is 0 Å². The van der Waals surface area contributed by atoms with Gasteiger partial charge in [-0.3, -0.25) is 9.79 Å². The summed E-state index contributed by atoms with van der Waals surface area (Å²) in [6, 6.07) is 0. The predicted molar refractivity (Wildman–Crippen MR) is 61.1 cm³/mol. The summed E-state index contributed by atoms with van der Waals surface area (Å²) in [6.45, 7) is 5.19. The first-order valence-corrected chi connectivity index (χ1v) is 5.30. The van der Waals surface area contributed by atoms with Crippen molar-refractivity contribution in [2.45, 2.75) is 32.6 Å². The van der Waals surface area contributed by atoms with Crippen LogP contribution in [0.2, 0.25) is 0 Å². The molecule has 1 aliphatic rings. The van der Waals surface area contributed by atoms with Gasteiger partial charge in [-0.25, -0.2) is 8.78 Å². The Morgan fingerprint density at radius 3 is 2.76 bits per heavy atom. The van der Waals surface area contributed by atoms with Crippen molar-refractivity contribution in [3.8, 4) is 0 Å². The molecule has 0 unspecified atom stereocenters. The fraction of sp³-hybridized carbons (Fsp3) is 0.500. The van der Waals surface area contributed by atoms with Crippen LogP contribution in [0.15, 0.2) is 28.6 Å². The van der Waals surface area contributed by atoms with Crippen LogP contribution in [-0.4, -0.2) is 24.5 Å². The second kappa shape index (κ2) is 5.21. The Morgan fingerprint density at radius 2 is 2.24 bits per heavy atom. The SMILES string of the molecule is C=C(OCC(C)(F)F)C1=C(N=CC)CCC1=O. The fourth-order valence-electron chi connectivity index (χ4n) is 1.53. The topological polar surface area (TPSA) is 38.7 Å². The van der Waals surface area contributed by atoms with Gasteiger partial charge in [0.1, 0.15) is 5.76 Å². The number of hydrogen-bond donors (Lipinski definition) is 0. The Bertz CT molecular complexity index is 392. The third-order valence-corrected chi connectivity index (χ3v) is 2.22. The molecular weight excluding hydrogens is 228 g/mol. The van der Waals surface area contributed by atoms with Crippen molar-refractivity contribution >= 4 is 12.0 Å². The van der Waals surface area contributed by atoms with Gasteiger partial charge in [-0.2, -0.15) is 0 Å². The molecule has 0 radical (unpaired) electrons. The average Bonchev–Trinajstić information content (AvgIpc) is 2.56. The van der Waals surface area contributed by atoms with E-state index in [2.05, 4.69) is 11.6 Å². The summed E-state index contributed by atoms with van der Waals surface area (Å²) in [6.07, 6.45) is 2.38. The molecule has 0 bridgehead atoms. The summed E-state index contributed by atoms with van der Waals surface area (Å²) in [5.74, 6) is -3.12. The molecule has 0 saturated carbocycles. The van der Waals surface area contributed by atoms with Gasteiger partial charge in [0.2, 0.25) is 0 Å². The number of alkyl halides is 2. The lowest BCUT2D eigenvalue weighted by Gasteiger charge is -2.14. The molecule has 0 aromatic heterocycles. The van der Waals surface area contributed by atoms with E-state index >= 15 is 0 Å². The first-order chi connectivity index (χ1) is 7.85. The average molecular weight is 243 g/mol. The number of rotatable bonds is 5. The highest BCUT2D eigenvalue weighted by atomic mass is 19.3. The van der Waals surface area contributed by atoms with E-state index in [4.69, 9.17) is 4.74 Å². The summed E-state index contributed by atoms with van der Waals surface area (Å²) in [7, 11) is 0. The van der Waals surface area contributed by atoms with Crippen molar-refractivity contribution in [2.75, 3.05) is 6.61 Å². The van der Waals surface area contributed by atoms with Crippen LogP contribution in [0.25, 0.3) is 0 Å². The molecule has 0 aliphatic heterocycles. The first kappa shape index (κ1) is 13.5. The number of nitrogens with zero attached hydrogens (tertiary/aromatic N) is 1. The van der Waals surface area contributed by atoms with Crippen LogP contribution in [0.4, 0.5) is 8.78 Å². The Labute approximate surface area is 98.9 Å². The Morgan fingerprint density at radius 1 is 1.59 bits per heavy atom. The highest BCUT2D eigenvalue weighted by molar-refractivity contribution is 6.02. The van der Waals surface area contributed by atoms with Crippen LogP contribution in [0.1, 0.15) is 26.7 Å². The molecule has 0 saturated heterocycles. The van der Waals surface area contributed by atoms with Crippen molar-refractivity contribution in [3.05, 3.63) is 23.6 Å². The smallest absolute Gasteiger partial charge is 0.278 e. The molecule has 0 aromatic carbocycles. The molecule has 94 valence electrons. The van der Waals surface area contributed by atoms with Gasteiger partial charge in [-0.05, 0) is 13.3 Å². The number of halogens is 2. The normalized spacial score (nSPS) is 17.1. The summed E-state index contributed by atoms with van der Waals surface area (Å²) in [4.78, 5) is 15.6. The zero-order chi connectivity index (χ0) is 13.1. The third kappa shape index (κ3) is 3.76. The predicted octanol–water partition coefficient (Wildman–Crippen LogP) is 2.88. The second-order valence-electron chi connectivity index (χ2n) is 3.91. The largest absolute Gasteiger partial charge is 0.487 e. The fourth-order valence-corrected chi connectivity index (χ4v) is 1.53. The second-order valence-corrected chi connectivity index (χ2v) is 3.91. The molecule has 17 heavy (non-hydrogen) atoms. The summed E-state index contributed by atoms with van der Waals surface area (Å²) in [5, 5.41) is 0. The van der Waals surface area contributed by atoms with E-state index in [9.17, 15) is 13.6 Å². The molecule has 0 N–H and O–H groups in total. The Kier molecular flexibility index (Phi) is 4.15. The van der Waals surface area contributed by atoms with E-state index in [1.54, 1.807) is 13.1 Å². The molecule has 0 aromatic rings. The lowest BCUT2D eigenvalue weighted by Crippen LogP contribution is -2.19. The van der Waals surface area contributed by atoms with Gasteiger partial charge in [0.05, 0.1) is 11.3 Å². The van der Waals surface area contributed by atoms with Gasteiger partial charge in [0.25, 0.3) is 5.92 Å². The Balaban J connectivity index is 2.79. The van der Waals surface area contributed by atoms with Crippen molar-refractivity contribution in [1.29, 1.82) is 0 Å². The molecule has 0 amide bonds. The number of carbonyl (C=O) groups excluding carboxylic acids is 1. The van der Waals surface area contributed by atoms with E-state index < -0.39 is 12.5 Å². The van der Waals surface area contributed by atoms with E-state index in [-0.39, 0.29) is 17.1 Å². The number of ether oxygens (including phenoxy) is 1. The van der Waals surface area contributed by atoms with Crippen molar-refractivity contribution in [2.24, 2.45) is 4.99 Å². The molecule has 1 rings (SSSR count). The minimum absolute atomic E-state index is 0.0189. The van der Waals surface area contributed by atoms with E-state index in [0.717, 1.165) is 6.92 Å². The maximum absolute atomic E-state index is 12.6. The van der Waals surface area contributed by atoms with Gasteiger partial charge in [-0.15, -0.1) is 0 Å². The van der Waals surface area contributed by atoms with Crippen LogP contribution in [0.5, 0.6) is 0 Å². The standard InChI is InChI=1S/C12H15F2NO2/c1-4-15-9-5-6-10(16)11(9)8(2)17-7-12(3,13)14/h4H,2,5-7H2,1,3H3. The van der Waals surface area contributed by atoms with Crippen LogP contribution in [-0.2, 0) is 9.53 Å². The van der Waals surface area contributed by atoms with Gasteiger partial charge in [0, 0.05) is 19.6 Å². The van der Waals surface area contributed by atoms with Crippen LogP contribution in [0.3, 0.4) is 0 Å². The summed E-state index contributed by atoms with van der Waals surface area (Å²) in [5.41, 5.74) is 0.800. The van der Waals surface area contributed by atoms with Gasteiger partial charge in [-0.1, -0.05) is 6.58 Å².